The predicted octanol–water partition coefficient (Wildman–Crippen LogP) is 4.23. The molecule has 3 aromatic rings. The van der Waals surface area contributed by atoms with E-state index in [1.165, 1.54) is 32.3 Å². The zero-order valence-electron chi connectivity index (χ0n) is 15.8. The highest BCUT2D eigenvalue weighted by molar-refractivity contribution is 7.89. The summed E-state index contributed by atoms with van der Waals surface area (Å²) in [5, 5.41) is 5.21. The molecule has 3 rings (SSSR count). The van der Waals surface area contributed by atoms with E-state index in [-0.39, 0.29) is 27.4 Å². The minimum atomic E-state index is -3.75. The van der Waals surface area contributed by atoms with Gasteiger partial charge in [-0.2, -0.15) is 0 Å². The maximum Gasteiger partial charge on any atom is 0.251 e. The number of carbonyl (C=O) groups is 1. The molecule has 0 aliphatic carbocycles. The van der Waals surface area contributed by atoms with Crippen molar-refractivity contribution in [3.05, 3.63) is 76.8 Å². The largest absolute Gasteiger partial charge is 0.346 e. The van der Waals surface area contributed by atoms with Crippen LogP contribution < -0.4 is 5.32 Å². The van der Waals surface area contributed by atoms with Crippen LogP contribution >= 0.6 is 11.6 Å². The van der Waals surface area contributed by atoms with Crippen molar-refractivity contribution in [1.82, 2.24) is 9.62 Å². The number of hydrogen-bond acceptors (Lipinski definition) is 3. The van der Waals surface area contributed by atoms with Crippen molar-refractivity contribution < 1.29 is 13.2 Å². The highest BCUT2D eigenvalue weighted by Gasteiger charge is 2.23. The van der Waals surface area contributed by atoms with Gasteiger partial charge in [0.25, 0.3) is 5.91 Å². The van der Waals surface area contributed by atoms with Gasteiger partial charge in [0.15, 0.2) is 0 Å². The summed E-state index contributed by atoms with van der Waals surface area (Å²) in [6, 6.07) is 18.0. The zero-order valence-corrected chi connectivity index (χ0v) is 17.4. The molecule has 0 saturated carbocycles. The third-order valence-electron chi connectivity index (χ3n) is 4.57. The second kappa shape index (κ2) is 7.91. The first-order valence-electron chi connectivity index (χ1n) is 8.72. The lowest BCUT2D eigenvalue weighted by atomic mass is 10.0. The second-order valence-electron chi connectivity index (χ2n) is 6.73. The van der Waals surface area contributed by atoms with E-state index in [1.807, 2.05) is 49.4 Å². The van der Waals surface area contributed by atoms with E-state index >= 15 is 0 Å². The van der Waals surface area contributed by atoms with Crippen LogP contribution in [0.3, 0.4) is 0 Å². The van der Waals surface area contributed by atoms with Gasteiger partial charge in [-0.3, -0.25) is 4.79 Å². The van der Waals surface area contributed by atoms with Crippen molar-refractivity contribution in [3.63, 3.8) is 0 Å². The molecule has 1 unspecified atom stereocenters. The predicted molar refractivity (Wildman–Crippen MR) is 112 cm³/mol. The summed E-state index contributed by atoms with van der Waals surface area (Å²) < 4.78 is 25.9. The molecule has 0 radical (unpaired) electrons. The highest BCUT2D eigenvalue weighted by atomic mass is 35.5. The Labute approximate surface area is 170 Å². The van der Waals surface area contributed by atoms with Crippen molar-refractivity contribution in [2.75, 3.05) is 14.1 Å². The van der Waals surface area contributed by atoms with Crippen molar-refractivity contribution in [3.8, 4) is 0 Å². The molecule has 0 aliphatic rings. The maximum atomic E-state index is 12.7. The number of amides is 1. The van der Waals surface area contributed by atoms with Gasteiger partial charge in [-0.25, -0.2) is 12.7 Å². The van der Waals surface area contributed by atoms with Crippen molar-refractivity contribution in [1.29, 1.82) is 0 Å². The molecule has 0 spiro atoms. The first-order valence-corrected chi connectivity index (χ1v) is 10.5. The molecule has 0 aliphatic heterocycles. The van der Waals surface area contributed by atoms with E-state index in [2.05, 4.69) is 5.32 Å². The van der Waals surface area contributed by atoms with Crippen LogP contribution in [0.5, 0.6) is 0 Å². The summed E-state index contributed by atoms with van der Waals surface area (Å²) in [6.45, 7) is 1.88. The van der Waals surface area contributed by atoms with Crippen LogP contribution in [0, 0.1) is 0 Å². The van der Waals surface area contributed by atoms with Crippen LogP contribution in [0.15, 0.2) is 65.6 Å². The average Bonchev–Trinajstić information content (AvgIpc) is 2.67. The minimum Gasteiger partial charge on any atom is -0.346 e. The van der Waals surface area contributed by atoms with Crippen LogP contribution in [-0.2, 0) is 10.0 Å². The van der Waals surface area contributed by atoms with Crippen molar-refractivity contribution in [2.24, 2.45) is 0 Å². The van der Waals surface area contributed by atoms with Gasteiger partial charge in [0, 0.05) is 19.7 Å². The highest BCUT2D eigenvalue weighted by Crippen LogP contribution is 2.25. The second-order valence-corrected chi connectivity index (χ2v) is 9.26. The zero-order chi connectivity index (χ0) is 20.5. The van der Waals surface area contributed by atoms with Crippen LogP contribution in [0.2, 0.25) is 5.02 Å². The number of rotatable bonds is 5. The van der Waals surface area contributed by atoms with E-state index in [0.29, 0.717) is 0 Å². The Balaban J connectivity index is 1.86. The number of carbonyl (C=O) groups excluding carboxylic acids is 1. The lowest BCUT2D eigenvalue weighted by Gasteiger charge is -2.17. The minimum absolute atomic E-state index is 0.0767. The van der Waals surface area contributed by atoms with Crippen LogP contribution in [-0.4, -0.2) is 32.7 Å². The van der Waals surface area contributed by atoms with Crippen molar-refractivity contribution in [2.45, 2.75) is 17.9 Å². The molecule has 28 heavy (non-hydrogen) atoms. The molecule has 3 aromatic carbocycles. The van der Waals surface area contributed by atoms with E-state index in [4.69, 9.17) is 11.6 Å². The standard InChI is InChI=1S/C21H21ClN2O3S/c1-14(16-9-8-15-6-4-5-7-17(15)12-16)23-21(25)18-10-11-19(22)20(13-18)28(26,27)24(2)3/h4-14H,1-3H3,(H,23,25). The third kappa shape index (κ3) is 4.04. The van der Waals surface area contributed by atoms with Gasteiger partial charge in [0.2, 0.25) is 10.0 Å². The molecule has 146 valence electrons. The van der Waals surface area contributed by atoms with E-state index < -0.39 is 10.0 Å². The molecule has 0 bridgehead atoms. The van der Waals surface area contributed by atoms with Crippen LogP contribution in [0.25, 0.3) is 10.8 Å². The summed E-state index contributed by atoms with van der Waals surface area (Å²) in [7, 11) is -0.913. The molecule has 1 atom stereocenters. The van der Waals surface area contributed by atoms with Gasteiger partial charge in [0.05, 0.1) is 11.1 Å². The molecule has 7 heteroatoms. The Morgan fingerprint density at radius 2 is 1.68 bits per heavy atom. The Hall–Kier alpha value is -2.41. The third-order valence-corrected chi connectivity index (χ3v) is 6.87. The number of halogens is 1. The number of nitrogens with one attached hydrogen (secondary N) is 1. The lowest BCUT2D eigenvalue weighted by molar-refractivity contribution is 0.0939. The fraction of sp³-hybridized carbons (Fsp3) is 0.190. The van der Waals surface area contributed by atoms with E-state index in [9.17, 15) is 13.2 Å². The number of hydrogen-bond donors (Lipinski definition) is 1. The Morgan fingerprint density at radius 3 is 2.36 bits per heavy atom. The fourth-order valence-corrected chi connectivity index (χ4v) is 4.27. The SMILES string of the molecule is CC(NC(=O)c1ccc(Cl)c(S(=O)(=O)N(C)C)c1)c1ccc2ccccc2c1. The molecule has 0 heterocycles. The Bertz CT molecular complexity index is 1140. The molecular formula is C21H21ClN2O3S. The van der Waals surface area contributed by atoms with Gasteiger partial charge in [-0.15, -0.1) is 0 Å². The fourth-order valence-electron chi connectivity index (χ4n) is 2.88. The molecule has 5 nitrogen and oxygen atoms in total. The van der Waals surface area contributed by atoms with E-state index in [1.54, 1.807) is 0 Å². The molecule has 0 aromatic heterocycles. The average molecular weight is 417 g/mol. The number of sulfonamides is 1. The summed E-state index contributed by atoms with van der Waals surface area (Å²) in [6.07, 6.45) is 0. The number of fused-ring (bicyclic) bond motifs is 1. The van der Waals surface area contributed by atoms with Gasteiger partial charge < -0.3 is 5.32 Å². The maximum absolute atomic E-state index is 12.7. The Morgan fingerprint density at radius 1 is 1.00 bits per heavy atom. The first-order chi connectivity index (χ1) is 13.2. The normalized spacial score (nSPS) is 12.9. The molecule has 0 fully saturated rings. The van der Waals surface area contributed by atoms with E-state index in [0.717, 1.165) is 20.6 Å². The van der Waals surface area contributed by atoms with Gasteiger partial charge in [-0.05, 0) is 47.5 Å². The molecular weight excluding hydrogens is 396 g/mol. The smallest absolute Gasteiger partial charge is 0.251 e. The summed E-state index contributed by atoms with van der Waals surface area (Å²) >= 11 is 6.05. The quantitative estimate of drug-likeness (QED) is 0.676. The van der Waals surface area contributed by atoms with Gasteiger partial charge >= 0.3 is 0 Å². The summed E-state index contributed by atoms with van der Waals surface area (Å²) in [5.74, 6) is -0.368. The van der Waals surface area contributed by atoms with Crippen LogP contribution in [0.4, 0.5) is 0 Å². The first kappa shape index (κ1) is 20.3. The molecule has 0 saturated heterocycles. The van der Waals surface area contributed by atoms with Crippen LogP contribution in [0.1, 0.15) is 28.9 Å². The molecule has 1 N–H and O–H groups in total. The Kier molecular flexibility index (Phi) is 5.74. The van der Waals surface area contributed by atoms with Gasteiger partial charge in [0.1, 0.15) is 4.90 Å². The van der Waals surface area contributed by atoms with Gasteiger partial charge in [-0.1, -0.05) is 48.0 Å². The topological polar surface area (TPSA) is 66.5 Å². The monoisotopic (exact) mass is 416 g/mol. The number of benzene rings is 3. The summed E-state index contributed by atoms with van der Waals surface area (Å²) in [5.41, 5.74) is 1.19. The van der Waals surface area contributed by atoms with Crippen molar-refractivity contribution >= 4 is 38.3 Å². The number of nitrogens with zero attached hydrogens (tertiary/aromatic N) is 1. The summed E-state index contributed by atoms with van der Waals surface area (Å²) in [4.78, 5) is 12.6. The molecule has 1 amide bonds. The lowest BCUT2D eigenvalue weighted by Crippen LogP contribution is -2.27.